The number of carbonyl (C=O) groups excluding carboxylic acids is 2. The third kappa shape index (κ3) is 3.92. The molecule has 0 saturated heterocycles. The van der Waals surface area contributed by atoms with E-state index in [1.54, 1.807) is 31.2 Å². The minimum atomic E-state index is -0.599. The zero-order valence-corrected chi connectivity index (χ0v) is 13.6. The number of aryl methyl sites for hydroxylation is 1. The molecule has 4 nitrogen and oxygen atoms in total. The maximum absolute atomic E-state index is 13.8. The molecule has 2 N–H and O–H groups in total. The highest BCUT2D eigenvalue weighted by Gasteiger charge is 2.12. The molecule has 2 aromatic carbocycles. The highest BCUT2D eigenvalue weighted by atomic mass is 79.9. The van der Waals surface area contributed by atoms with Gasteiger partial charge in [-0.3, -0.25) is 9.59 Å². The van der Waals surface area contributed by atoms with Crippen molar-refractivity contribution in [1.29, 1.82) is 0 Å². The Bertz CT molecular complexity index is 747. The van der Waals surface area contributed by atoms with Crippen LogP contribution >= 0.6 is 15.9 Å². The van der Waals surface area contributed by atoms with Crippen LogP contribution in [0.15, 0.2) is 40.9 Å². The molecule has 2 rings (SSSR count). The molecule has 2 amide bonds. The van der Waals surface area contributed by atoms with Crippen LogP contribution in [0.1, 0.15) is 22.8 Å². The topological polar surface area (TPSA) is 58.2 Å². The summed E-state index contributed by atoms with van der Waals surface area (Å²) in [5.74, 6) is -1.30. The number of amides is 2. The second kappa shape index (κ2) is 6.70. The van der Waals surface area contributed by atoms with Crippen molar-refractivity contribution in [3.05, 3.63) is 57.8 Å². The molecule has 0 saturated carbocycles. The third-order valence-electron chi connectivity index (χ3n) is 2.97. The first-order valence-corrected chi connectivity index (χ1v) is 7.31. The molecule has 0 spiro atoms. The summed E-state index contributed by atoms with van der Waals surface area (Å²) in [6.45, 7) is 3.23. The van der Waals surface area contributed by atoms with Gasteiger partial charge in [0.1, 0.15) is 5.82 Å². The minimum Gasteiger partial charge on any atom is -0.326 e. The first kappa shape index (κ1) is 16.2. The average molecular weight is 365 g/mol. The molecule has 0 aromatic heterocycles. The van der Waals surface area contributed by atoms with E-state index < -0.39 is 11.7 Å². The van der Waals surface area contributed by atoms with Crippen molar-refractivity contribution in [1.82, 2.24) is 0 Å². The summed E-state index contributed by atoms with van der Waals surface area (Å²) in [7, 11) is 0. The Balaban J connectivity index is 2.18. The molecule has 22 heavy (non-hydrogen) atoms. The maximum Gasteiger partial charge on any atom is 0.258 e. The minimum absolute atomic E-state index is 0.0354. The second-order valence-electron chi connectivity index (χ2n) is 4.79. The van der Waals surface area contributed by atoms with Crippen LogP contribution in [0.4, 0.5) is 15.8 Å². The van der Waals surface area contributed by atoms with Crippen LogP contribution in [0.2, 0.25) is 0 Å². The van der Waals surface area contributed by atoms with Crippen LogP contribution < -0.4 is 10.6 Å². The van der Waals surface area contributed by atoms with E-state index in [1.807, 2.05) is 0 Å². The normalized spacial score (nSPS) is 10.2. The summed E-state index contributed by atoms with van der Waals surface area (Å²) < 4.78 is 14.3. The van der Waals surface area contributed by atoms with Gasteiger partial charge in [-0.25, -0.2) is 4.39 Å². The van der Waals surface area contributed by atoms with E-state index in [9.17, 15) is 14.0 Å². The zero-order valence-electron chi connectivity index (χ0n) is 12.0. The fraction of sp³-hybridized carbons (Fsp3) is 0.125. The van der Waals surface area contributed by atoms with Gasteiger partial charge in [0.25, 0.3) is 5.91 Å². The van der Waals surface area contributed by atoms with Gasteiger partial charge in [-0.05, 0) is 48.9 Å². The molecule has 6 heteroatoms. The number of carbonyl (C=O) groups is 2. The lowest BCUT2D eigenvalue weighted by molar-refractivity contribution is -0.114. The van der Waals surface area contributed by atoms with Crippen LogP contribution in [0.5, 0.6) is 0 Å². The smallest absolute Gasteiger partial charge is 0.258 e. The highest BCUT2D eigenvalue weighted by molar-refractivity contribution is 9.10. The van der Waals surface area contributed by atoms with Gasteiger partial charge in [0.2, 0.25) is 5.91 Å². The van der Waals surface area contributed by atoms with Gasteiger partial charge >= 0.3 is 0 Å². The molecular weight excluding hydrogens is 351 g/mol. The van der Waals surface area contributed by atoms with Gasteiger partial charge in [-0.2, -0.15) is 0 Å². The van der Waals surface area contributed by atoms with Crippen LogP contribution in [-0.4, -0.2) is 11.8 Å². The molecule has 2 aromatic rings. The fourth-order valence-corrected chi connectivity index (χ4v) is 2.28. The van der Waals surface area contributed by atoms with Gasteiger partial charge in [0.15, 0.2) is 0 Å². The molecule has 0 fully saturated rings. The number of halogens is 2. The van der Waals surface area contributed by atoms with E-state index in [-0.39, 0.29) is 11.5 Å². The summed E-state index contributed by atoms with van der Waals surface area (Å²) in [6, 6.07) is 9.29. The Morgan fingerprint density at radius 2 is 1.82 bits per heavy atom. The van der Waals surface area contributed by atoms with Crippen molar-refractivity contribution >= 4 is 39.1 Å². The predicted molar refractivity (Wildman–Crippen MR) is 87.5 cm³/mol. The standard InChI is InChI=1S/C16H14BrFN2O2/c1-9-7-12(4-6-15(9)19-10(2)21)20-16(22)13-5-3-11(17)8-14(13)18/h3-8H,1-2H3,(H,19,21)(H,20,22). The summed E-state index contributed by atoms with van der Waals surface area (Å²) in [5.41, 5.74) is 1.95. The zero-order chi connectivity index (χ0) is 16.3. The lowest BCUT2D eigenvalue weighted by Crippen LogP contribution is -2.14. The predicted octanol–water partition coefficient (Wildman–Crippen LogP) is 4.11. The number of benzene rings is 2. The maximum atomic E-state index is 13.8. The summed E-state index contributed by atoms with van der Waals surface area (Å²) >= 11 is 3.14. The lowest BCUT2D eigenvalue weighted by Gasteiger charge is -2.10. The fourth-order valence-electron chi connectivity index (χ4n) is 1.94. The largest absolute Gasteiger partial charge is 0.326 e. The Hall–Kier alpha value is -2.21. The number of hydrogen-bond acceptors (Lipinski definition) is 2. The molecular formula is C16H14BrFN2O2. The van der Waals surface area contributed by atoms with E-state index in [0.29, 0.717) is 15.8 Å². The Labute approximate surface area is 135 Å². The molecule has 0 unspecified atom stereocenters. The van der Waals surface area contributed by atoms with Crippen molar-refractivity contribution in [3.8, 4) is 0 Å². The van der Waals surface area contributed by atoms with Gasteiger partial charge in [-0.15, -0.1) is 0 Å². The average Bonchev–Trinajstić information content (AvgIpc) is 2.41. The van der Waals surface area contributed by atoms with Crippen molar-refractivity contribution in [2.24, 2.45) is 0 Å². The molecule has 0 atom stereocenters. The van der Waals surface area contributed by atoms with Crippen molar-refractivity contribution in [2.75, 3.05) is 10.6 Å². The molecule has 0 aliphatic rings. The van der Waals surface area contributed by atoms with Crippen molar-refractivity contribution < 1.29 is 14.0 Å². The van der Waals surface area contributed by atoms with Crippen LogP contribution in [0.25, 0.3) is 0 Å². The van der Waals surface area contributed by atoms with E-state index in [1.165, 1.54) is 19.1 Å². The van der Waals surface area contributed by atoms with Gasteiger partial charge < -0.3 is 10.6 Å². The molecule has 0 heterocycles. The van der Waals surface area contributed by atoms with Crippen molar-refractivity contribution in [3.63, 3.8) is 0 Å². The quantitative estimate of drug-likeness (QED) is 0.860. The summed E-state index contributed by atoms with van der Waals surface area (Å²) in [5, 5.41) is 5.32. The monoisotopic (exact) mass is 364 g/mol. The van der Waals surface area contributed by atoms with Crippen LogP contribution in [0.3, 0.4) is 0 Å². The number of anilines is 2. The lowest BCUT2D eigenvalue weighted by atomic mass is 10.1. The molecule has 0 aliphatic carbocycles. The Morgan fingerprint density at radius 1 is 1.09 bits per heavy atom. The van der Waals surface area contributed by atoms with Crippen LogP contribution in [0, 0.1) is 12.7 Å². The Kier molecular flexibility index (Phi) is 4.92. The molecule has 114 valence electrons. The molecule has 0 radical (unpaired) electrons. The van der Waals surface area contributed by atoms with E-state index in [4.69, 9.17) is 0 Å². The second-order valence-corrected chi connectivity index (χ2v) is 5.70. The van der Waals surface area contributed by atoms with Gasteiger partial charge in [0, 0.05) is 22.8 Å². The van der Waals surface area contributed by atoms with Gasteiger partial charge in [-0.1, -0.05) is 15.9 Å². The third-order valence-corrected chi connectivity index (χ3v) is 3.46. The molecule has 0 aliphatic heterocycles. The number of nitrogens with one attached hydrogen (secondary N) is 2. The first-order valence-electron chi connectivity index (χ1n) is 6.51. The highest BCUT2D eigenvalue weighted by Crippen LogP contribution is 2.21. The number of rotatable bonds is 3. The van der Waals surface area contributed by atoms with Crippen LogP contribution in [-0.2, 0) is 4.79 Å². The molecule has 0 bridgehead atoms. The van der Waals surface area contributed by atoms with Crippen molar-refractivity contribution in [2.45, 2.75) is 13.8 Å². The SMILES string of the molecule is CC(=O)Nc1ccc(NC(=O)c2ccc(Br)cc2F)cc1C. The summed E-state index contributed by atoms with van der Waals surface area (Å²) in [6.07, 6.45) is 0. The Morgan fingerprint density at radius 3 is 2.41 bits per heavy atom. The number of hydrogen-bond donors (Lipinski definition) is 2. The van der Waals surface area contributed by atoms with E-state index in [0.717, 1.165) is 5.56 Å². The first-order chi connectivity index (χ1) is 10.4. The van der Waals surface area contributed by atoms with Gasteiger partial charge in [0.05, 0.1) is 5.56 Å². The summed E-state index contributed by atoms with van der Waals surface area (Å²) in [4.78, 5) is 23.1. The van der Waals surface area contributed by atoms with E-state index >= 15 is 0 Å². The van der Waals surface area contributed by atoms with E-state index in [2.05, 4.69) is 26.6 Å².